The highest BCUT2D eigenvalue weighted by molar-refractivity contribution is 6.42. The molecule has 0 spiro atoms. The van der Waals surface area contributed by atoms with Gasteiger partial charge in [-0.05, 0) is 29.8 Å². The van der Waals surface area contributed by atoms with Crippen LogP contribution in [0.4, 0.5) is 0 Å². The van der Waals surface area contributed by atoms with Crippen LogP contribution in [0.2, 0.25) is 10.0 Å². The molecular weight excluding hydrogens is 383 g/mol. The van der Waals surface area contributed by atoms with Gasteiger partial charge in [-0.25, -0.2) is 0 Å². The number of hydrogen-bond acceptors (Lipinski definition) is 4. The summed E-state index contributed by atoms with van der Waals surface area (Å²) in [7, 11) is 0. The van der Waals surface area contributed by atoms with Crippen LogP contribution in [0.15, 0.2) is 77.3 Å². The second-order valence-electron chi connectivity index (χ2n) is 5.83. The van der Waals surface area contributed by atoms with Crippen LogP contribution in [0.25, 0.3) is 22.8 Å². The van der Waals surface area contributed by atoms with Gasteiger partial charge in [0.1, 0.15) is 17.4 Å². The zero-order chi connectivity index (χ0) is 18.6. The predicted octanol–water partition coefficient (Wildman–Crippen LogP) is 6.29. The summed E-state index contributed by atoms with van der Waals surface area (Å²) in [5.74, 6) is 1.55. The molecule has 6 heteroatoms. The van der Waals surface area contributed by atoms with E-state index in [0.29, 0.717) is 34.1 Å². The molecule has 0 N–H and O–H groups in total. The lowest BCUT2D eigenvalue weighted by molar-refractivity contribution is 0.306. The fraction of sp³-hybridized carbons (Fsp3) is 0.0476. The van der Waals surface area contributed by atoms with Gasteiger partial charge in [-0.15, -0.1) is 0 Å². The number of aromatic nitrogens is 2. The van der Waals surface area contributed by atoms with Gasteiger partial charge in [-0.1, -0.05) is 76.9 Å². The van der Waals surface area contributed by atoms with E-state index in [1.54, 1.807) is 18.2 Å². The summed E-state index contributed by atoms with van der Waals surface area (Å²) in [6.07, 6.45) is 0. The van der Waals surface area contributed by atoms with Crippen LogP contribution in [-0.4, -0.2) is 10.1 Å². The highest BCUT2D eigenvalue weighted by Gasteiger charge is 2.11. The lowest BCUT2D eigenvalue weighted by Gasteiger charge is -2.09. The van der Waals surface area contributed by atoms with E-state index in [9.17, 15) is 0 Å². The van der Waals surface area contributed by atoms with Crippen LogP contribution in [0.1, 0.15) is 5.56 Å². The van der Waals surface area contributed by atoms with E-state index >= 15 is 0 Å². The molecule has 4 nitrogen and oxygen atoms in total. The van der Waals surface area contributed by atoms with Crippen molar-refractivity contribution in [2.24, 2.45) is 0 Å². The first-order valence-corrected chi connectivity index (χ1v) is 9.01. The predicted molar refractivity (Wildman–Crippen MR) is 106 cm³/mol. The van der Waals surface area contributed by atoms with Crippen molar-refractivity contribution in [1.82, 2.24) is 10.1 Å². The van der Waals surface area contributed by atoms with Gasteiger partial charge in [0.2, 0.25) is 5.82 Å². The van der Waals surface area contributed by atoms with Crippen molar-refractivity contribution in [2.45, 2.75) is 6.61 Å². The summed E-state index contributed by atoms with van der Waals surface area (Å²) < 4.78 is 11.2. The van der Waals surface area contributed by atoms with E-state index in [1.165, 1.54) is 0 Å². The van der Waals surface area contributed by atoms with Crippen molar-refractivity contribution < 1.29 is 9.26 Å². The first kappa shape index (κ1) is 17.6. The first-order chi connectivity index (χ1) is 13.2. The maximum absolute atomic E-state index is 6.16. The Bertz CT molecular complexity index is 1060. The third kappa shape index (κ3) is 3.97. The molecule has 4 aromatic rings. The van der Waals surface area contributed by atoms with E-state index in [4.69, 9.17) is 32.5 Å². The second kappa shape index (κ2) is 7.82. The summed E-state index contributed by atoms with van der Waals surface area (Å²) >= 11 is 12.2. The summed E-state index contributed by atoms with van der Waals surface area (Å²) in [5, 5.41) is 4.92. The molecule has 0 amide bonds. The Morgan fingerprint density at radius 3 is 2.48 bits per heavy atom. The second-order valence-corrected chi connectivity index (χ2v) is 6.62. The van der Waals surface area contributed by atoms with Gasteiger partial charge < -0.3 is 9.26 Å². The Morgan fingerprint density at radius 2 is 1.63 bits per heavy atom. The van der Waals surface area contributed by atoms with E-state index in [0.717, 1.165) is 16.7 Å². The van der Waals surface area contributed by atoms with Gasteiger partial charge in [-0.2, -0.15) is 4.98 Å². The topological polar surface area (TPSA) is 48.2 Å². The Labute approximate surface area is 166 Å². The van der Waals surface area contributed by atoms with Crippen LogP contribution in [0.5, 0.6) is 5.75 Å². The zero-order valence-corrected chi connectivity index (χ0v) is 15.6. The highest BCUT2D eigenvalue weighted by atomic mass is 35.5. The van der Waals surface area contributed by atoms with Crippen LogP contribution in [-0.2, 0) is 6.61 Å². The molecule has 0 aliphatic heterocycles. The number of rotatable bonds is 5. The Morgan fingerprint density at radius 1 is 0.852 bits per heavy atom. The Kier molecular flexibility index (Phi) is 5.10. The minimum absolute atomic E-state index is 0.341. The average molecular weight is 397 g/mol. The SMILES string of the molecule is Clc1cccc(OCc2cccc(-c3nc(-c4ccccc4)no3)c2)c1Cl. The molecule has 0 bridgehead atoms. The third-order valence-electron chi connectivity index (χ3n) is 3.94. The average Bonchev–Trinajstić information content (AvgIpc) is 3.20. The van der Waals surface area contributed by atoms with Crippen LogP contribution >= 0.6 is 23.2 Å². The number of ether oxygens (including phenoxy) is 1. The third-order valence-corrected chi connectivity index (χ3v) is 4.74. The van der Waals surface area contributed by atoms with Gasteiger partial charge in [0.05, 0.1) is 5.02 Å². The fourth-order valence-corrected chi connectivity index (χ4v) is 2.94. The van der Waals surface area contributed by atoms with Crippen molar-refractivity contribution in [3.05, 3.63) is 88.4 Å². The van der Waals surface area contributed by atoms with Gasteiger partial charge >= 0.3 is 0 Å². The molecule has 134 valence electrons. The lowest BCUT2D eigenvalue weighted by Crippen LogP contribution is -1.96. The summed E-state index contributed by atoms with van der Waals surface area (Å²) in [4.78, 5) is 4.48. The monoisotopic (exact) mass is 396 g/mol. The molecule has 0 radical (unpaired) electrons. The molecule has 0 aliphatic rings. The molecule has 0 fully saturated rings. The van der Waals surface area contributed by atoms with E-state index in [-0.39, 0.29) is 0 Å². The minimum Gasteiger partial charge on any atom is -0.487 e. The molecule has 27 heavy (non-hydrogen) atoms. The normalized spacial score (nSPS) is 10.7. The lowest BCUT2D eigenvalue weighted by atomic mass is 10.1. The standard InChI is InChI=1S/C21H14Cl2N2O2/c22-17-10-5-11-18(19(17)23)26-13-14-6-4-9-16(12-14)21-24-20(25-27-21)15-7-2-1-3-8-15/h1-12H,13H2. The fourth-order valence-electron chi connectivity index (χ4n) is 2.60. The van der Waals surface area contributed by atoms with Crippen molar-refractivity contribution in [2.75, 3.05) is 0 Å². The van der Waals surface area contributed by atoms with E-state index in [1.807, 2.05) is 54.6 Å². The maximum atomic E-state index is 6.16. The molecule has 0 saturated carbocycles. The van der Waals surface area contributed by atoms with Gasteiger partial charge in [0.15, 0.2) is 0 Å². The first-order valence-electron chi connectivity index (χ1n) is 8.26. The quantitative estimate of drug-likeness (QED) is 0.397. The van der Waals surface area contributed by atoms with Crippen molar-refractivity contribution in [3.8, 4) is 28.6 Å². The molecule has 1 heterocycles. The molecule has 0 aliphatic carbocycles. The Balaban J connectivity index is 1.53. The smallest absolute Gasteiger partial charge is 0.258 e. The molecule has 0 atom stereocenters. The molecule has 0 unspecified atom stereocenters. The maximum Gasteiger partial charge on any atom is 0.258 e. The highest BCUT2D eigenvalue weighted by Crippen LogP contribution is 2.32. The van der Waals surface area contributed by atoms with E-state index in [2.05, 4.69) is 10.1 Å². The van der Waals surface area contributed by atoms with Crippen molar-refractivity contribution >= 4 is 23.2 Å². The van der Waals surface area contributed by atoms with Crippen LogP contribution < -0.4 is 4.74 Å². The van der Waals surface area contributed by atoms with Gasteiger partial charge in [0, 0.05) is 11.1 Å². The Hall–Kier alpha value is -2.82. The van der Waals surface area contributed by atoms with Crippen molar-refractivity contribution in [3.63, 3.8) is 0 Å². The largest absolute Gasteiger partial charge is 0.487 e. The van der Waals surface area contributed by atoms with Gasteiger partial charge in [0.25, 0.3) is 5.89 Å². The minimum atomic E-state index is 0.341. The molecule has 1 aromatic heterocycles. The number of hydrogen-bond donors (Lipinski definition) is 0. The zero-order valence-electron chi connectivity index (χ0n) is 14.1. The van der Waals surface area contributed by atoms with Gasteiger partial charge in [-0.3, -0.25) is 0 Å². The summed E-state index contributed by atoms with van der Waals surface area (Å²) in [6, 6.07) is 22.7. The molecule has 0 saturated heterocycles. The van der Waals surface area contributed by atoms with Crippen LogP contribution in [0.3, 0.4) is 0 Å². The number of benzene rings is 3. The number of halogens is 2. The molecule has 4 rings (SSSR count). The summed E-state index contributed by atoms with van der Waals surface area (Å²) in [6.45, 7) is 0.341. The van der Waals surface area contributed by atoms with Crippen molar-refractivity contribution in [1.29, 1.82) is 0 Å². The molecule has 3 aromatic carbocycles. The number of nitrogens with zero attached hydrogens (tertiary/aromatic N) is 2. The van der Waals surface area contributed by atoms with E-state index < -0.39 is 0 Å². The molecular formula is C21H14Cl2N2O2. The summed E-state index contributed by atoms with van der Waals surface area (Å²) in [5.41, 5.74) is 2.67. The van der Waals surface area contributed by atoms with Crippen LogP contribution in [0, 0.1) is 0 Å².